The van der Waals surface area contributed by atoms with Crippen molar-refractivity contribution in [3.05, 3.63) is 125 Å². The van der Waals surface area contributed by atoms with E-state index in [4.69, 9.17) is 4.98 Å². The van der Waals surface area contributed by atoms with Crippen LogP contribution in [0.5, 0.6) is 0 Å². The molecule has 1 aliphatic rings. The number of hydrogen-bond donors (Lipinski definition) is 2. The van der Waals surface area contributed by atoms with Crippen LogP contribution in [0.25, 0.3) is 55.3 Å². The molecule has 1 atom stereocenters. The van der Waals surface area contributed by atoms with E-state index in [0.29, 0.717) is 18.7 Å². The van der Waals surface area contributed by atoms with Gasteiger partial charge in [0, 0.05) is 62.2 Å². The molecule has 5 heterocycles. The monoisotopic (exact) mass is 718 g/mol. The van der Waals surface area contributed by atoms with Crippen molar-refractivity contribution in [1.29, 1.82) is 0 Å². The van der Waals surface area contributed by atoms with E-state index in [1.165, 1.54) is 0 Å². The molecule has 12 nitrogen and oxygen atoms in total. The zero-order chi connectivity index (χ0) is 37.7. The second-order valence-corrected chi connectivity index (χ2v) is 14.1. The Morgan fingerprint density at radius 3 is 2.41 bits per heavy atom. The minimum absolute atomic E-state index is 0.0481. The molecular formula is C42H38N8O4. The fourth-order valence-electron chi connectivity index (χ4n) is 7.22. The summed E-state index contributed by atoms with van der Waals surface area (Å²) in [6, 6.07) is 23.2. The van der Waals surface area contributed by atoms with Crippen LogP contribution in [0.1, 0.15) is 60.3 Å². The summed E-state index contributed by atoms with van der Waals surface area (Å²) < 4.78 is 5.02. The van der Waals surface area contributed by atoms with Crippen LogP contribution in [0.4, 0.5) is 0 Å². The van der Waals surface area contributed by atoms with Crippen molar-refractivity contribution in [2.24, 2.45) is 14.1 Å². The van der Waals surface area contributed by atoms with Crippen molar-refractivity contribution in [3.8, 4) is 33.5 Å². The Kier molecular flexibility index (Phi) is 8.73. The minimum Gasteiger partial charge on any atom is -0.347 e. The number of aromatic nitrogens is 6. The quantitative estimate of drug-likeness (QED) is 0.182. The Hall–Kier alpha value is -6.69. The van der Waals surface area contributed by atoms with Gasteiger partial charge in [-0.2, -0.15) is 5.10 Å². The molecule has 0 aliphatic carbocycles. The first kappa shape index (κ1) is 34.4. The number of benzene rings is 3. The summed E-state index contributed by atoms with van der Waals surface area (Å²) in [5.74, 6) is -0.669. The highest BCUT2D eigenvalue weighted by Gasteiger charge is 2.28. The molecule has 3 aromatic carbocycles. The third-order valence-corrected chi connectivity index (χ3v) is 10.3. The number of fused-ring (bicyclic) bond motifs is 2. The molecule has 270 valence electrons. The fourth-order valence-corrected chi connectivity index (χ4v) is 7.22. The number of hydrogen-bond acceptors (Lipinski definition) is 7. The summed E-state index contributed by atoms with van der Waals surface area (Å²) in [6.45, 7) is 4.60. The van der Waals surface area contributed by atoms with Gasteiger partial charge in [0.1, 0.15) is 11.7 Å². The molecular weight excluding hydrogens is 681 g/mol. The average molecular weight is 719 g/mol. The van der Waals surface area contributed by atoms with Gasteiger partial charge in [0.05, 0.1) is 22.9 Å². The highest BCUT2D eigenvalue weighted by atomic mass is 16.2. The van der Waals surface area contributed by atoms with Gasteiger partial charge in [-0.15, -0.1) is 0 Å². The number of rotatable bonds is 8. The molecule has 54 heavy (non-hydrogen) atoms. The number of amides is 3. The lowest BCUT2D eigenvalue weighted by Gasteiger charge is -2.20. The molecule has 2 N–H and O–H groups in total. The fraction of sp³-hybridized carbons (Fsp3) is 0.214. The lowest BCUT2D eigenvalue weighted by atomic mass is 9.93. The maximum atomic E-state index is 13.0. The summed E-state index contributed by atoms with van der Waals surface area (Å²) >= 11 is 0. The van der Waals surface area contributed by atoms with E-state index >= 15 is 0 Å². The molecule has 0 bridgehead atoms. The molecule has 1 fully saturated rings. The van der Waals surface area contributed by atoms with Crippen molar-refractivity contribution in [1.82, 2.24) is 39.5 Å². The second kappa shape index (κ2) is 13.7. The molecule has 3 amide bonds. The molecule has 1 unspecified atom stereocenters. The molecule has 1 aliphatic heterocycles. The van der Waals surface area contributed by atoms with E-state index in [0.717, 1.165) is 66.4 Å². The molecule has 8 rings (SSSR count). The summed E-state index contributed by atoms with van der Waals surface area (Å²) in [5.41, 5.74) is 9.49. The Morgan fingerprint density at radius 1 is 0.870 bits per heavy atom. The van der Waals surface area contributed by atoms with Crippen LogP contribution in [-0.2, 0) is 30.2 Å². The first-order valence-corrected chi connectivity index (χ1v) is 17.9. The van der Waals surface area contributed by atoms with Crippen molar-refractivity contribution in [2.45, 2.75) is 45.2 Å². The van der Waals surface area contributed by atoms with Crippen molar-refractivity contribution in [2.75, 3.05) is 0 Å². The SMILES string of the molecule is CC(C)c1cc(-c2cccc3cc(-c4ccc(C(=O)NCc5ccc(-c6cnn(C7CCC(=O)NC7=O)c6)cc5)nc4)ncc23)cc2c1n(C)c(=O)n2C. The van der Waals surface area contributed by atoms with Gasteiger partial charge in [-0.1, -0.05) is 56.3 Å². The van der Waals surface area contributed by atoms with Gasteiger partial charge in [0.15, 0.2) is 0 Å². The van der Waals surface area contributed by atoms with Crippen LogP contribution in [0, 0.1) is 0 Å². The molecule has 0 spiro atoms. The minimum atomic E-state index is -0.508. The van der Waals surface area contributed by atoms with Crippen LogP contribution >= 0.6 is 0 Å². The number of piperidine rings is 1. The van der Waals surface area contributed by atoms with Gasteiger partial charge in [-0.05, 0) is 75.9 Å². The van der Waals surface area contributed by atoms with E-state index in [2.05, 4.69) is 58.8 Å². The standard InChI is InChI=1S/C42H38N8O4/c1-24(2)32-16-29(18-37-39(32)49(4)42(54)48(37)3)31-7-5-6-27-17-35(44-22-33(27)31)28-12-13-34(43-20-28)40(52)45-19-25-8-10-26(11-9-25)30-21-46-50(23-30)36-14-15-38(51)47-41(36)53/h5-13,16-18,20-24,36H,14-15,19H2,1-4H3,(H,45,52)(H,47,51,53). The Labute approximate surface area is 310 Å². The van der Waals surface area contributed by atoms with Gasteiger partial charge in [-0.25, -0.2) is 4.79 Å². The largest absolute Gasteiger partial charge is 0.347 e. The first-order valence-electron chi connectivity index (χ1n) is 17.9. The molecule has 0 saturated carbocycles. The van der Waals surface area contributed by atoms with E-state index in [9.17, 15) is 19.2 Å². The number of pyridine rings is 2. The highest BCUT2D eigenvalue weighted by molar-refractivity contribution is 6.00. The number of imide groups is 1. The first-order chi connectivity index (χ1) is 26.0. The normalized spacial score (nSPS) is 14.6. The maximum Gasteiger partial charge on any atom is 0.328 e. The predicted octanol–water partition coefficient (Wildman–Crippen LogP) is 6.05. The van der Waals surface area contributed by atoms with E-state index < -0.39 is 6.04 Å². The average Bonchev–Trinajstić information content (AvgIpc) is 3.76. The smallest absolute Gasteiger partial charge is 0.328 e. The molecule has 12 heteroatoms. The van der Waals surface area contributed by atoms with Crippen LogP contribution < -0.4 is 16.3 Å². The Balaban J connectivity index is 0.948. The number of imidazole rings is 1. The Bertz CT molecular complexity index is 2670. The number of carbonyl (C=O) groups is 3. The third-order valence-electron chi connectivity index (χ3n) is 10.3. The van der Waals surface area contributed by atoms with Crippen LogP contribution in [0.2, 0.25) is 0 Å². The lowest BCUT2D eigenvalue weighted by Crippen LogP contribution is -2.41. The van der Waals surface area contributed by atoms with Gasteiger partial charge in [0.25, 0.3) is 11.8 Å². The van der Waals surface area contributed by atoms with Crippen LogP contribution in [0.3, 0.4) is 0 Å². The molecule has 7 aromatic rings. The second-order valence-electron chi connectivity index (χ2n) is 14.1. The zero-order valence-corrected chi connectivity index (χ0v) is 30.3. The zero-order valence-electron chi connectivity index (χ0n) is 30.3. The van der Waals surface area contributed by atoms with Crippen molar-refractivity contribution < 1.29 is 14.4 Å². The molecule has 4 aromatic heterocycles. The van der Waals surface area contributed by atoms with E-state index in [1.807, 2.05) is 62.8 Å². The molecule has 0 radical (unpaired) electrons. The van der Waals surface area contributed by atoms with E-state index in [1.54, 1.807) is 38.5 Å². The van der Waals surface area contributed by atoms with Crippen molar-refractivity contribution >= 4 is 39.5 Å². The summed E-state index contributed by atoms with van der Waals surface area (Å²) in [4.78, 5) is 58.8. The maximum absolute atomic E-state index is 13.0. The summed E-state index contributed by atoms with van der Waals surface area (Å²) in [6.07, 6.45) is 7.74. The predicted molar refractivity (Wildman–Crippen MR) is 206 cm³/mol. The van der Waals surface area contributed by atoms with E-state index in [-0.39, 0.29) is 35.8 Å². The van der Waals surface area contributed by atoms with Gasteiger partial charge in [-0.3, -0.25) is 43.5 Å². The van der Waals surface area contributed by atoms with Crippen molar-refractivity contribution in [3.63, 3.8) is 0 Å². The van der Waals surface area contributed by atoms with Gasteiger partial charge < -0.3 is 5.32 Å². The highest BCUT2D eigenvalue weighted by Crippen LogP contribution is 2.35. The lowest BCUT2D eigenvalue weighted by molar-refractivity contribution is -0.135. The van der Waals surface area contributed by atoms with Gasteiger partial charge >= 0.3 is 5.69 Å². The summed E-state index contributed by atoms with van der Waals surface area (Å²) in [7, 11) is 3.63. The van der Waals surface area contributed by atoms with Crippen LogP contribution in [-0.4, -0.2) is 46.6 Å². The third kappa shape index (κ3) is 6.25. The summed E-state index contributed by atoms with van der Waals surface area (Å²) in [5, 5.41) is 11.7. The number of carbonyl (C=O) groups excluding carboxylic acids is 3. The topological polar surface area (TPSA) is 146 Å². The number of aryl methyl sites for hydroxylation is 2. The number of nitrogens with one attached hydrogen (secondary N) is 2. The van der Waals surface area contributed by atoms with Gasteiger partial charge in [0.2, 0.25) is 5.91 Å². The number of nitrogens with zero attached hydrogens (tertiary/aromatic N) is 6. The van der Waals surface area contributed by atoms with Crippen LogP contribution in [0.15, 0.2) is 102 Å². The molecule has 1 saturated heterocycles. The Morgan fingerprint density at radius 2 is 1.67 bits per heavy atom.